The monoisotopic (exact) mass is 396 g/mol. The number of likely N-dealkylation sites (tertiary alicyclic amines) is 1. The molecule has 8 heteroatoms. The van der Waals surface area contributed by atoms with Crippen molar-refractivity contribution in [2.24, 2.45) is 0 Å². The molecule has 1 amide bonds. The van der Waals surface area contributed by atoms with Crippen LogP contribution in [0.1, 0.15) is 81.9 Å². The second-order valence-corrected chi connectivity index (χ2v) is 10.7. The van der Waals surface area contributed by atoms with Crippen LogP contribution in [0.2, 0.25) is 0 Å². The summed E-state index contributed by atoms with van der Waals surface area (Å²) in [6.07, 6.45) is 4.20. The number of rotatable bonds is 6. The largest absolute Gasteiger partial charge is 0.337 e. The summed E-state index contributed by atoms with van der Waals surface area (Å²) in [5, 5.41) is 4.72. The van der Waals surface area contributed by atoms with Gasteiger partial charge in [-0.2, -0.15) is 5.10 Å². The Labute approximate surface area is 162 Å². The van der Waals surface area contributed by atoms with Gasteiger partial charge >= 0.3 is 0 Å². The molecule has 2 aliphatic rings. The van der Waals surface area contributed by atoms with Crippen molar-refractivity contribution >= 4 is 15.9 Å². The second kappa shape index (κ2) is 7.54. The fourth-order valence-electron chi connectivity index (χ4n) is 3.59. The minimum Gasteiger partial charge on any atom is -0.337 e. The summed E-state index contributed by atoms with van der Waals surface area (Å²) >= 11 is 0. The standard InChI is InChI=1S/C19H32N4O3S/c1-5-12-27(25,26)21-15-8-10-22(11-9-15)18(24)17-13-16(14-6-7-14)20-23(17)19(2,3)4/h13-15,21H,5-12H2,1-4H3. The smallest absolute Gasteiger partial charge is 0.272 e. The van der Waals surface area contributed by atoms with E-state index in [1.54, 1.807) is 0 Å². The van der Waals surface area contributed by atoms with E-state index in [0.29, 0.717) is 44.0 Å². The molecule has 1 aromatic rings. The molecule has 1 N–H and O–H groups in total. The van der Waals surface area contributed by atoms with Crippen molar-refractivity contribution in [1.82, 2.24) is 19.4 Å². The highest BCUT2D eigenvalue weighted by Crippen LogP contribution is 2.40. The van der Waals surface area contributed by atoms with Gasteiger partial charge in [-0.25, -0.2) is 13.1 Å². The number of piperidine rings is 1. The van der Waals surface area contributed by atoms with Crippen LogP contribution in [0, 0.1) is 0 Å². The average molecular weight is 397 g/mol. The third kappa shape index (κ3) is 4.90. The van der Waals surface area contributed by atoms with E-state index in [1.165, 1.54) is 0 Å². The van der Waals surface area contributed by atoms with Crippen LogP contribution in [0.5, 0.6) is 0 Å². The highest BCUT2D eigenvalue weighted by atomic mass is 32.2. The molecule has 0 radical (unpaired) electrons. The van der Waals surface area contributed by atoms with Crippen LogP contribution in [-0.4, -0.2) is 53.9 Å². The number of carbonyl (C=O) groups is 1. The predicted molar refractivity (Wildman–Crippen MR) is 105 cm³/mol. The molecule has 2 fully saturated rings. The average Bonchev–Trinajstić information content (AvgIpc) is 3.31. The van der Waals surface area contributed by atoms with Crippen LogP contribution < -0.4 is 4.72 Å². The topological polar surface area (TPSA) is 84.3 Å². The first-order valence-electron chi connectivity index (χ1n) is 10.0. The van der Waals surface area contributed by atoms with Crippen molar-refractivity contribution in [2.75, 3.05) is 18.8 Å². The van der Waals surface area contributed by atoms with E-state index in [0.717, 1.165) is 18.5 Å². The van der Waals surface area contributed by atoms with Crippen molar-refractivity contribution in [3.05, 3.63) is 17.5 Å². The van der Waals surface area contributed by atoms with E-state index in [4.69, 9.17) is 5.10 Å². The lowest BCUT2D eigenvalue weighted by atomic mass is 10.1. The Hall–Kier alpha value is -1.41. The third-order valence-electron chi connectivity index (χ3n) is 5.18. The molecule has 1 saturated carbocycles. The zero-order chi connectivity index (χ0) is 19.8. The highest BCUT2D eigenvalue weighted by Gasteiger charge is 2.34. The lowest BCUT2D eigenvalue weighted by Gasteiger charge is -2.33. The van der Waals surface area contributed by atoms with Gasteiger partial charge in [0.2, 0.25) is 10.0 Å². The van der Waals surface area contributed by atoms with E-state index < -0.39 is 10.0 Å². The Morgan fingerprint density at radius 2 is 1.85 bits per heavy atom. The zero-order valence-electron chi connectivity index (χ0n) is 16.9. The van der Waals surface area contributed by atoms with Crippen LogP contribution >= 0.6 is 0 Å². The Bertz CT molecular complexity index is 782. The van der Waals surface area contributed by atoms with E-state index in [2.05, 4.69) is 25.5 Å². The fraction of sp³-hybridized carbons (Fsp3) is 0.789. The predicted octanol–water partition coefficient (Wildman–Crippen LogP) is 2.45. The maximum atomic E-state index is 13.1. The number of nitrogens with zero attached hydrogens (tertiary/aromatic N) is 3. The Kier molecular flexibility index (Phi) is 5.68. The Balaban J connectivity index is 1.68. The molecule has 152 valence electrons. The molecule has 2 heterocycles. The quantitative estimate of drug-likeness (QED) is 0.800. The van der Waals surface area contributed by atoms with Gasteiger partial charge < -0.3 is 4.90 Å². The van der Waals surface area contributed by atoms with Crippen LogP contribution in [-0.2, 0) is 15.6 Å². The number of nitrogens with one attached hydrogen (secondary N) is 1. The van der Waals surface area contributed by atoms with E-state index in [9.17, 15) is 13.2 Å². The number of carbonyl (C=O) groups excluding carboxylic acids is 1. The summed E-state index contributed by atoms with van der Waals surface area (Å²) in [6, 6.07) is 1.88. The molecule has 1 aromatic heterocycles. The van der Waals surface area contributed by atoms with Gasteiger partial charge in [0.05, 0.1) is 17.0 Å². The first kappa shape index (κ1) is 20.3. The van der Waals surface area contributed by atoms with Gasteiger partial charge in [-0.15, -0.1) is 0 Å². The van der Waals surface area contributed by atoms with E-state index >= 15 is 0 Å². The number of sulfonamides is 1. The van der Waals surface area contributed by atoms with Crippen LogP contribution in [0.3, 0.4) is 0 Å². The van der Waals surface area contributed by atoms with Crippen molar-refractivity contribution in [3.8, 4) is 0 Å². The van der Waals surface area contributed by atoms with Crippen LogP contribution in [0.15, 0.2) is 6.07 Å². The number of amides is 1. The molecule has 27 heavy (non-hydrogen) atoms. The van der Waals surface area contributed by atoms with Gasteiger partial charge in [0.1, 0.15) is 5.69 Å². The van der Waals surface area contributed by atoms with Crippen molar-refractivity contribution < 1.29 is 13.2 Å². The molecular formula is C19H32N4O3S. The first-order valence-corrected chi connectivity index (χ1v) is 11.7. The lowest BCUT2D eigenvalue weighted by Crippen LogP contribution is -2.47. The molecule has 0 aromatic carbocycles. The van der Waals surface area contributed by atoms with Crippen molar-refractivity contribution in [2.45, 2.75) is 77.3 Å². The SMILES string of the molecule is CCCS(=O)(=O)NC1CCN(C(=O)c2cc(C3CC3)nn2C(C)(C)C)CC1. The summed E-state index contributed by atoms with van der Waals surface area (Å²) < 4.78 is 28.6. The minimum atomic E-state index is -3.21. The molecular weight excluding hydrogens is 364 g/mol. The van der Waals surface area contributed by atoms with Crippen molar-refractivity contribution in [1.29, 1.82) is 0 Å². The third-order valence-corrected chi connectivity index (χ3v) is 6.82. The van der Waals surface area contributed by atoms with Gasteiger partial charge in [0.15, 0.2) is 0 Å². The molecule has 1 aliphatic heterocycles. The number of hydrogen-bond acceptors (Lipinski definition) is 4. The Morgan fingerprint density at radius 1 is 1.22 bits per heavy atom. The molecule has 0 atom stereocenters. The van der Waals surface area contributed by atoms with Gasteiger partial charge in [0, 0.05) is 25.0 Å². The normalized spacial score (nSPS) is 19.5. The van der Waals surface area contributed by atoms with Gasteiger partial charge in [-0.1, -0.05) is 6.92 Å². The highest BCUT2D eigenvalue weighted by molar-refractivity contribution is 7.89. The van der Waals surface area contributed by atoms with Crippen LogP contribution in [0.4, 0.5) is 0 Å². The van der Waals surface area contributed by atoms with Crippen molar-refractivity contribution in [3.63, 3.8) is 0 Å². The maximum Gasteiger partial charge on any atom is 0.272 e. The molecule has 0 unspecified atom stereocenters. The minimum absolute atomic E-state index is 0.000750. The van der Waals surface area contributed by atoms with E-state index in [1.807, 2.05) is 22.6 Å². The Morgan fingerprint density at radius 3 is 2.37 bits per heavy atom. The second-order valence-electron chi connectivity index (χ2n) is 8.81. The summed E-state index contributed by atoms with van der Waals surface area (Å²) in [5.41, 5.74) is 1.41. The van der Waals surface area contributed by atoms with E-state index in [-0.39, 0.29) is 23.2 Å². The summed E-state index contributed by atoms with van der Waals surface area (Å²) in [4.78, 5) is 15.0. The van der Waals surface area contributed by atoms with Gasteiger partial charge in [0.25, 0.3) is 5.91 Å². The molecule has 1 saturated heterocycles. The fourth-order valence-corrected chi connectivity index (χ4v) is 4.98. The zero-order valence-corrected chi connectivity index (χ0v) is 17.7. The lowest BCUT2D eigenvalue weighted by molar-refractivity contribution is 0.0690. The molecule has 0 spiro atoms. The summed E-state index contributed by atoms with van der Waals surface area (Å²) in [7, 11) is -3.21. The van der Waals surface area contributed by atoms with Crippen LogP contribution in [0.25, 0.3) is 0 Å². The summed E-state index contributed by atoms with van der Waals surface area (Å²) in [6.45, 7) is 9.15. The van der Waals surface area contributed by atoms with Gasteiger partial charge in [-0.05, 0) is 58.9 Å². The molecule has 0 bridgehead atoms. The first-order chi connectivity index (χ1) is 12.6. The summed E-state index contributed by atoms with van der Waals surface area (Å²) in [5.74, 6) is 0.652. The molecule has 1 aliphatic carbocycles. The molecule has 7 nitrogen and oxygen atoms in total. The molecule has 3 rings (SSSR count). The number of aromatic nitrogens is 2. The number of hydrogen-bond donors (Lipinski definition) is 1. The maximum absolute atomic E-state index is 13.1. The van der Waals surface area contributed by atoms with Gasteiger partial charge in [-0.3, -0.25) is 9.48 Å².